The first kappa shape index (κ1) is 14.5. The van der Waals surface area contributed by atoms with Crippen molar-refractivity contribution in [1.82, 2.24) is 4.90 Å². The standard InChI is InChI=1S/C20H15NO3/c22-18-13-21(19(23)15-8-2-1-3-9-15)20(24-18)17-12-6-10-14-7-4-5-11-16(14)17/h1-12,20H,13H2. The van der Waals surface area contributed by atoms with Gasteiger partial charge in [-0.25, -0.2) is 0 Å². The summed E-state index contributed by atoms with van der Waals surface area (Å²) in [5.74, 6) is -0.600. The lowest BCUT2D eigenvalue weighted by Gasteiger charge is -2.23. The highest BCUT2D eigenvalue weighted by molar-refractivity contribution is 5.98. The fraction of sp³-hybridized carbons (Fsp3) is 0.100. The zero-order valence-electron chi connectivity index (χ0n) is 12.9. The number of ether oxygens (including phenoxy) is 1. The van der Waals surface area contributed by atoms with Crippen LogP contribution in [-0.4, -0.2) is 23.3 Å². The summed E-state index contributed by atoms with van der Waals surface area (Å²) in [6, 6.07) is 22.6. The van der Waals surface area contributed by atoms with Crippen LogP contribution in [0, 0.1) is 0 Å². The smallest absolute Gasteiger partial charge is 0.327 e. The number of amides is 1. The minimum atomic E-state index is -0.698. The third kappa shape index (κ3) is 2.42. The Balaban J connectivity index is 1.78. The maximum atomic E-state index is 12.8. The van der Waals surface area contributed by atoms with E-state index in [0.717, 1.165) is 16.3 Å². The van der Waals surface area contributed by atoms with Crippen LogP contribution in [0.25, 0.3) is 10.8 Å². The number of hydrogen-bond donors (Lipinski definition) is 0. The van der Waals surface area contributed by atoms with Gasteiger partial charge in [-0.15, -0.1) is 0 Å². The predicted molar refractivity (Wildman–Crippen MR) is 90.3 cm³/mol. The molecule has 24 heavy (non-hydrogen) atoms. The van der Waals surface area contributed by atoms with Gasteiger partial charge in [-0.05, 0) is 22.9 Å². The molecule has 0 saturated carbocycles. The summed E-state index contributed by atoms with van der Waals surface area (Å²) in [7, 11) is 0. The zero-order valence-corrected chi connectivity index (χ0v) is 12.9. The summed E-state index contributed by atoms with van der Waals surface area (Å²) >= 11 is 0. The summed E-state index contributed by atoms with van der Waals surface area (Å²) in [6.07, 6.45) is -0.698. The van der Waals surface area contributed by atoms with Gasteiger partial charge in [0.2, 0.25) is 6.23 Å². The predicted octanol–water partition coefficient (Wildman–Crippen LogP) is 3.54. The van der Waals surface area contributed by atoms with Crippen LogP contribution >= 0.6 is 0 Å². The molecule has 1 fully saturated rings. The van der Waals surface area contributed by atoms with E-state index in [9.17, 15) is 9.59 Å². The Bertz CT molecular complexity index is 915. The summed E-state index contributed by atoms with van der Waals surface area (Å²) in [5, 5.41) is 2.02. The van der Waals surface area contributed by atoms with E-state index >= 15 is 0 Å². The number of rotatable bonds is 2. The van der Waals surface area contributed by atoms with E-state index in [0.29, 0.717) is 5.56 Å². The molecule has 0 bridgehead atoms. The Morgan fingerprint density at radius 3 is 2.46 bits per heavy atom. The number of benzene rings is 3. The normalized spacial score (nSPS) is 17.1. The van der Waals surface area contributed by atoms with Crippen LogP contribution in [0.4, 0.5) is 0 Å². The van der Waals surface area contributed by atoms with Crippen LogP contribution in [0.15, 0.2) is 72.8 Å². The fourth-order valence-corrected chi connectivity index (χ4v) is 3.07. The van der Waals surface area contributed by atoms with Crippen molar-refractivity contribution in [3.05, 3.63) is 83.9 Å². The molecule has 1 heterocycles. The van der Waals surface area contributed by atoms with E-state index in [1.165, 1.54) is 4.90 Å². The summed E-state index contributed by atoms with van der Waals surface area (Å²) in [6.45, 7) is -0.0401. The van der Waals surface area contributed by atoms with Gasteiger partial charge < -0.3 is 4.74 Å². The molecule has 0 N–H and O–H groups in total. The summed E-state index contributed by atoms with van der Waals surface area (Å²) in [4.78, 5) is 26.2. The maximum Gasteiger partial charge on any atom is 0.327 e. The van der Waals surface area contributed by atoms with Gasteiger partial charge >= 0.3 is 5.97 Å². The van der Waals surface area contributed by atoms with Crippen LogP contribution < -0.4 is 0 Å². The monoisotopic (exact) mass is 317 g/mol. The minimum Gasteiger partial charge on any atom is -0.436 e. The molecule has 0 spiro atoms. The first-order valence-corrected chi connectivity index (χ1v) is 7.77. The Morgan fingerprint density at radius 1 is 0.917 bits per heavy atom. The number of cyclic esters (lactones) is 1. The van der Waals surface area contributed by atoms with Crippen LogP contribution in [-0.2, 0) is 9.53 Å². The summed E-state index contributed by atoms with van der Waals surface area (Å²) in [5.41, 5.74) is 1.37. The highest BCUT2D eigenvalue weighted by Crippen LogP contribution is 2.33. The number of hydrogen-bond acceptors (Lipinski definition) is 3. The SMILES string of the molecule is O=C1CN(C(=O)c2ccccc2)C(c2cccc3ccccc23)O1. The molecular formula is C20H15NO3. The van der Waals surface area contributed by atoms with Gasteiger partial charge in [0.25, 0.3) is 5.91 Å². The van der Waals surface area contributed by atoms with Gasteiger partial charge in [-0.1, -0.05) is 60.7 Å². The number of esters is 1. The molecule has 0 aliphatic carbocycles. The second-order valence-electron chi connectivity index (χ2n) is 5.71. The Labute approximate surface area is 139 Å². The van der Waals surface area contributed by atoms with Crippen LogP contribution in [0.1, 0.15) is 22.1 Å². The van der Waals surface area contributed by atoms with Gasteiger partial charge in [0.15, 0.2) is 0 Å². The van der Waals surface area contributed by atoms with Crippen molar-refractivity contribution in [1.29, 1.82) is 0 Å². The van der Waals surface area contributed by atoms with Gasteiger partial charge in [-0.2, -0.15) is 0 Å². The molecule has 1 unspecified atom stereocenters. The Kier molecular flexibility index (Phi) is 3.50. The second kappa shape index (κ2) is 5.81. The number of carbonyl (C=O) groups excluding carboxylic acids is 2. The lowest BCUT2D eigenvalue weighted by Crippen LogP contribution is -2.31. The molecule has 1 atom stereocenters. The maximum absolute atomic E-state index is 12.8. The van der Waals surface area contributed by atoms with Crippen molar-refractivity contribution in [3.63, 3.8) is 0 Å². The topological polar surface area (TPSA) is 46.6 Å². The van der Waals surface area contributed by atoms with E-state index < -0.39 is 12.2 Å². The van der Waals surface area contributed by atoms with Gasteiger partial charge in [-0.3, -0.25) is 14.5 Å². The van der Waals surface area contributed by atoms with E-state index in [1.807, 2.05) is 48.5 Å². The molecule has 4 heteroatoms. The van der Waals surface area contributed by atoms with Crippen molar-refractivity contribution in [2.24, 2.45) is 0 Å². The molecule has 118 valence electrons. The van der Waals surface area contributed by atoms with Gasteiger partial charge in [0.05, 0.1) is 0 Å². The molecule has 1 saturated heterocycles. The second-order valence-corrected chi connectivity index (χ2v) is 5.71. The first-order chi connectivity index (χ1) is 11.7. The Morgan fingerprint density at radius 2 is 1.62 bits per heavy atom. The molecular weight excluding hydrogens is 302 g/mol. The highest BCUT2D eigenvalue weighted by Gasteiger charge is 2.37. The van der Waals surface area contributed by atoms with Crippen molar-refractivity contribution < 1.29 is 14.3 Å². The third-order valence-electron chi connectivity index (χ3n) is 4.20. The molecule has 0 aromatic heterocycles. The van der Waals surface area contributed by atoms with E-state index in [4.69, 9.17) is 4.74 Å². The number of carbonyl (C=O) groups is 2. The van der Waals surface area contributed by atoms with E-state index in [-0.39, 0.29) is 12.5 Å². The molecule has 1 aliphatic rings. The highest BCUT2D eigenvalue weighted by atomic mass is 16.6. The van der Waals surface area contributed by atoms with Gasteiger partial charge in [0, 0.05) is 11.1 Å². The minimum absolute atomic E-state index is 0.0401. The van der Waals surface area contributed by atoms with Gasteiger partial charge in [0.1, 0.15) is 6.54 Å². The van der Waals surface area contributed by atoms with Crippen LogP contribution in [0.5, 0.6) is 0 Å². The van der Waals surface area contributed by atoms with E-state index in [2.05, 4.69) is 0 Å². The molecule has 1 aliphatic heterocycles. The average Bonchev–Trinajstić information content (AvgIpc) is 3.03. The van der Waals surface area contributed by atoms with E-state index in [1.54, 1.807) is 24.3 Å². The first-order valence-electron chi connectivity index (χ1n) is 7.77. The molecule has 3 aromatic carbocycles. The molecule has 4 rings (SSSR count). The molecule has 3 aromatic rings. The largest absolute Gasteiger partial charge is 0.436 e. The van der Waals surface area contributed by atoms with Crippen molar-refractivity contribution in [2.45, 2.75) is 6.23 Å². The lowest BCUT2D eigenvalue weighted by molar-refractivity contribution is -0.141. The molecule has 1 amide bonds. The zero-order chi connectivity index (χ0) is 16.5. The fourth-order valence-electron chi connectivity index (χ4n) is 3.07. The number of fused-ring (bicyclic) bond motifs is 1. The van der Waals surface area contributed by atoms with Crippen molar-refractivity contribution in [3.8, 4) is 0 Å². The molecule has 0 radical (unpaired) electrons. The molecule has 4 nitrogen and oxygen atoms in total. The van der Waals surface area contributed by atoms with Crippen LogP contribution in [0.2, 0.25) is 0 Å². The third-order valence-corrected chi connectivity index (χ3v) is 4.20. The quantitative estimate of drug-likeness (QED) is 0.679. The van der Waals surface area contributed by atoms with Crippen molar-refractivity contribution >= 4 is 22.6 Å². The van der Waals surface area contributed by atoms with Crippen LogP contribution in [0.3, 0.4) is 0 Å². The average molecular weight is 317 g/mol. The Hall–Kier alpha value is -3.14. The number of nitrogens with zero attached hydrogens (tertiary/aromatic N) is 1. The summed E-state index contributed by atoms with van der Waals surface area (Å²) < 4.78 is 5.48. The van der Waals surface area contributed by atoms with Crippen molar-refractivity contribution in [2.75, 3.05) is 6.54 Å². The lowest BCUT2D eigenvalue weighted by atomic mass is 10.0.